The third-order valence-electron chi connectivity index (χ3n) is 3.91. The first-order chi connectivity index (χ1) is 12.7. The molecular formula is C19H27N3O5. The molecule has 0 fully saturated rings. The second-order valence-electron chi connectivity index (χ2n) is 6.30. The third kappa shape index (κ3) is 7.89. The summed E-state index contributed by atoms with van der Waals surface area (Å²) in [4.78, 5) is 47.6. The van der Waals surface area contributed by atoms with Crippen LogP contribution in [0.3, 0.4) is 0 Å². The largest absolute Gasteiger partial charge is 0.466 e. The Kier molecular flexibility index (Phi) is 8.98. The average Bonchev–Trinajstić information content (AvgIpc) is 2.61. The maximum absolute atomic E-state index is 12.6. The fourth-order valence-electron chi connectivity index (χ4n) is 2.56. The molecule has 8 nitrogen and oxygen atoms in total. The lowest BCUT2D eigenvalue weighted by atomic mass is 10.00. The summed E-state index contributed by atoms with van der Waals surface area (Å²) < 4.78 is 4.91. The van der Waals surface area contributed by atoms with E-state index in [9.17, 15) is 19.2 Å². The van der Waals surface area contributed by atoms with Gasteiger partial charge in [0.05, 0.1) is 12.5 Å². The third-order valence-corrected chi connectivity index (χ3v) is 3.91. The smallest absolute Gasteiger partial charge is 0.308 e. The van der Waals surface area contributed by atoms with Gasteiger partial charge in [0.1, 0.15) is 12.1 Å². The summed E-state index contributed by atoms with van der Waals surface area (Å²) in [5.74, 6) is -2.77. The van der Waals surface area contributed by atoms with Crippen molar-refractivity contribution in [1.82, 2.24) is 10.6 Å². The van der Waals surface area contributed by atoms with Crippen LogP contribution in [0.1, 0.15) is 32.8 Å². The van der Waals surface area contributed by atoms with Crippen LogP contribution >= 0.6 is 0 Å². The Morgan fingerprint density at radius 3 is 2.22 bits per heavy atom. The molecule has 8 heteroatoms. The molecule has 0 spiro atoms. The lowest BCUT2D eigenvalue weighted by molar-refractivity contribution is -0.148. The number of nitrogens with one attached hydrogen (secondary N) is 2. The van der Waals surface area contributed by atoms with E-state index in [1.807, 2.05) is 30.3 Å². The molecule has 0 aromatic heterocycles. The molecule has 0 saturated carbocycles. The standard InChI is InChI=1S/C19H27N3O5/c1-4-27-19(26)12(2)10-15(17(20)24)22-18(25)16(21-13(3)23)11-14-8-6-5-7-9-14/h5-9,12,15-16H,4,10-11H2,1-3H3,(H2,20,24)(H,21,23)(H,22,25)/t12-,15+,16+/m0/s1. The van der Waals surface area contributed by atoms with Crippen molar-refractivity contribution in [2.24, 2.45) is 11.7 Å². The second-order valence-corrected chi connectivity index (χ2v) is 6.30. The van der Waals surface area contributed by atoms with E-state index in [0.29, 0.717) is 0 Å². The first kappa shape index (κ1) is 22.1. The average molecular weight is 377 g/mol. The van der Waals surface area contributed by atoms with Crippen molar-refractivity contribution < 1.29 is 23.9 Å². The summed E-state index contributed by atoms with van der Waals surface area (Å²) in [7, 11) is 0. The van der Waals surface area contributed by atoms with Crippen molar-refractivity contribution in [3.8, 4) is 0 Å². The number of amides is 3. The van der Waals surface area contributed by atoms with Crippen molar-refractivity contribution in [1.29, 1.82) is 0 Å². The number of esters is 1. The van der Waals surface area contributed by atoms with Crippen LogP contribution in [-0.2, 0) is 30.3 Å². The van der Waals surface area contributed by atoms with Gasteiger partial charge < -0.3 is 21.1 Å². The van der Waals surface area contributed by atoms with Gasteiger partial charge in [-0.15, -0.1) is 0 Å². The highest BCUT2D eigenvalue weighted by Gasteiger charge is 2.28. The van der Waals surface area contributed by atoms with E-state index in [-0.39, 0.29) is 25.4 Å². The zero-order valence-electron chi connectivity index (χ0n) is 15.9. The Morgan fingerprint density at radius 1 is 1.07 bits per heavy atom. The normalized spacial score (nSPS) is 13.7. The number of primary amides is 1. The van der Waals surface area contributed by atoms with Gasteiger partial charge in [-0.3, -0.25) is 19.2 Å². The molecule has 0 bridgehead atoms. The quantitative estimate of drug-likeness (QED) is 0.505. The van der Waals surface area contributed by atoms with Crippen molar-refractivity contribution in [3.05, 3.63) is 35.9 Å². The lowest BCUT2D eigenvalue weighted by Crippen LogP contribution is -2.54. The minimum Gasteiger partial charge on any atom is -0.466 e. The first-order valence-electron chi connectivity index (χ1n) is 8.81. The summed E-state index contributed by atoms with van der Waals surface area (Å²) in [6.07, 6.45) is 0.267. The van der Waals surface area contributed by atoms with Crippen LogP contribution < -0.4 is 16.4 Å². The molecule has 1 aromatic carbocycles. The molecule has 148 valence electrons. The zero-order chi connectivity index (χ0) is 20.4. The second kappa shape index (κ2) is 10.9. The molecule has 3 atom stereocenters. The van der Waals surface area contributed by atoms with Crippen LogP contribution in [0, 0.1) is 5.92 Å². The van der Waals surface area contributed by atoms with E-state index in [4.69, 9.17) is 10.5 Å². The summed E-state index contributed by atoms with van der Waals surface area (Å²) in [5.41, 5.74) is 6.22. The van der Waals surface area contributed by atoms with E-state index in [1.54, 1.807) is 13.8 Å². The number of hydrogen-bond acceptors (Lipinski definition) is 5. The summed E-state index contributed by atoms with van der Waals surface area (Å²) in [5, 5.41) is 5.11. The molecule has 0 aliphatic heterocycles. The topological polar surface area (TPSA) is 128 Å². The molecule has 0 aliphatic carbocycles. The maximum Gasteiger partial charge on any atom is 0.308 e. The summed E-state index contributed by atoms with van der Waals surface area (Å²) in [6.45, 7) is 4.80. The van der Waals surface area contributed by atoms with Crippen LogP contribution in [-0.4, -0.2) is 42.4 Å². The van der Waals surface area contributed by atoms with Crippen LogP contribution in [0.2, 0.25) is 0 Å². The Balaban J connectivity index is 2.83. The molecule has 0 radical (unpaired) electrons. The van der Waals surface area contributed by atoms with Gasteiger partial charge in [-0.25, -0.2) is 0 Å². The highest BCUT2D eigenvalue weighted by atomic mass is 16.5. The Morgan fingerprint density at radius 2 is 1.70 bits per heavy atom. The van der Waals surface area contributed by atoms with Gasteiger partial charge in [-0.2, -0.15) is 0 Å². The summed E-state index contributed by atoms with van der Waals surface area (Å²) in [6, 6.07) is 7.23. The van der Waals surface area contributed by atoms with E-state index >= 15 is 0 Å². The van der Waals surface area contributed by atoms with Gasteiger partial charge >= 0.3 is 5.97 Å². The SMILES string of the molecule is CCOC(=O)[C@@H](C)C[C@@H](NC(=O)[C@@H](Cc1ccccc1)NC(C)=O)C(N)=O. The molecule has 0 unspecified atom stereocenters. The van der Waals surface area contributed by atoms with Crippen LogP contribution in [0.5, 0.6) is 0 Å². The molecule has 0 saturated heterocycles. The van der Waals surface area contributed by atoms with Crippen LogP contribution in [0.4, 0.5) is 0 Å². The fraction of sp³-hybridized carbons (Fsp3) is 0.474. The molecule has 1 aromatic rings. The number of benzene rings is 1. The van der Waals surface area contributed by atoms with Gasteiger partial charge in [0.25, 0.3) is 0 Å². The Labute approximate surface area is 158 Å². The van der Waals surface area contributed by atoms with Crippen molar-refractivity contribution >= 4 is 23.7 Å². The van der Waals surface area contributed by atoms with E-state index < -0.39 is 35.8 Å². The fourth-order valence-corrected chi connectivity index (χ4v) is 2.56. The molecule has 0 aliphatic rings. The lowest BCUT2D eigenvalue weighted by Gasteiger charge is -2.23. The minimum absolute atomic E-state index is 0.0119. The van der Waals surface area contributed by atoms with Gasteiger partial charge in [-0.1, -0.05) is 37.3 Å². The molecule has 3 amide bonds. The maximum atomic E-state index is 12.6. The van der Waals surface area contributed by atoms with Crippen molar-refractivity contribution in [2.45, 2.75) is 45.7 Å². The monoisotopic (exact) mass is 377 g/mol. The van der Waals surface area contributed by atoms with Gasteiger partial charge in [0.2, 0.25) is 17.7 Å². The molecule has 1 rings (SSSR count). The van der Waals surface area contributed by atoms with Crippen molar-refractivity contribution in [3.63, 3.8) is 0 Å². The van der Waals surface area contributed by atoms with E-state index in [2.05, 4.69) is 10.6 Å². The Hall–Kier alpha value is -2.90. The zero-order valence-corrected chi connectivity index (χ0v) is 15.9. The van der Waals surface area contributed by atoms with Crippen LogP contribution in [0.15, 0.2) is 30.3 Å². The first-order valence-corrected chi connectivity index (χ1v) is 8.81. The number of rotatable bonds is 10. The summed E-state index contributed by atoms with van der Waals surface area (Å²) >= 11 is 0. The highest BCUT2D eigenvalue weighted by molar-refractivity contribution is 5.91. The number of carbonyl (C=O) groups excluding carboxylic acids is 4. The van der Waals surface area contributed by atoms with E-state index in [0.717, 1.165) is 5.56 Å². The molecule has 4 N–H and O–H groups in total. The van der Waals surface area contributed by atoms with Gasteiger partial charge in [-0.05, 0) is 18.9 Å². The minimum atomic E-state index is -1.05. The predicted molar refractivity (Wildman–Crippen MR) is 99.3 cm³/mol. The predicted octanol–water partition coefficient (Wildman–Crippen LogP) is 0.293. The number of ether oxygens (including phenoxy) is 1. The number of carbonyl (C=O) groups is 4. The number of nitrogens with two attached hydrogens (primary N) is 1. The van der Waals surface area contributed by atoms with Gasteiger partial charge in [0.15, 0.2) is 0 Å². The molecule has 27 heavy (non-hydrogen) atoms. The molecular weight excluding hydrogens is 350 g/mol. The van der Waals surface area contributed by atoms with Gasteiger partial charge in [0, 0.05) is 13.3 Å². The van der Waals surface area contributed by atoms with Crippen molar-refractivity contribution in [2.75, 3.05) is 6.61 Å². The van der Waals surface area contributed by atoms with E-state index in [1.165, 1.54) is 6.92 Å². The van der Waals surface area contributed by atoms with Crippen LogP contribution in [0.25, 0.3) is 0 Å². The Bertz CT molecular complexity index is 663. The highest BCUT2D eigenvalue weighted by Crippen LogP contribution is 2.10. The number of hydrogen-bond donors (Lipinski definition) is 3. The molecule has 0 heterocycles.